The molecule has 32 heavy (non-hydrogen) atoms. The van der Waals surface area contributed by atoms with Crippen molar-refractivity contribution in [1.29, 1.82) is 0 Å². The van der Waals surface area contributed by atoms with Gasteiger partial charge >= 0.3 is 0 Å². The molecule has 9 heteroatoms. The van der Waals surface area contributed by atoms with Crippen molar-refractivity contribution in [3.05, 3.63) is 29.1 Å². The molecular formula is C23H29FN4O4. The topological polar surface area (TPSA) is 90.0 Å². The molecule has 172 valence electrons. The normalized spacial score (nSPS) is 27.1. The summed E-state index contributed by atoms with van der Waals surface area (Å²) in [5, 5.41) is 2.16. The van der Waals surface area contributed by atoms with Gasteiger partial charge in [-0.3, -0.25) is 34.3 Å². The first kappa shape index (κ1) is 22.4. The largest absolute Gasteiger partial charge is 0.366 e. The standard InChI is InChI=1S/C23H29FN4O4/c1-12-10-26(11-13(2)28(12)23(3,4)5)18-9-15-14(8-16(18)24)21(31)27(22(15)32)17-6-7-19(29)25-20(17)30/h8-9,12-13,17H,6-7,10-11H2,1-5H3,(H,25,29,30). The molecule has 1 aromatic rings. The van der Waals surface area contributed by atoms with E-state index in [1.165, 1.54) is 6.07 Å². The summed E-state index contributed by atoms with van der Waals surface area (Å²) in [6.45, 7) is 11.8. The molecule has 4 rings (SSSR count). The molecule has 4 amide bonds. The first-order valence-corrected chi connectivity index (χ1v) is 11.0. The van der Waals surface area contributed by atoms with Gasteiger partial charge in [0.15, 0.2) is 0 Å². The first-order chi connectivity index (χ1) is 14.9. The number of amides is 4. The van der Waals surface area contributed by atoms with Gasteiger partial charge in [-0.15, -0.1) is 0 Å². The van der Waals surface area contributed by atoms with Crippen molar-refractivity contribution in [3.63, 3.8) is 0 Å². The highest BCUT2D eigenvalue weighted by atomic mass is 19.1. The number of halogens is 1. The van der Waals surface area contributed by atoms with Crippen LogP contribution in [0.4, 0.5) is 10.1 Å². The molecule has 1 aromatic carbocycles. The summed E-state index contributed by atoms with van der Waals surface area (Å²) in [5.74, 6) is -3.02. The van der Waals surface area contributed by atoms with Gasteiger partial charge in [-0.25, -0.2) is 4.39 Å². The van der Waals surface area contributed by atoms with Gasteiger partial charge in [0.05, 0.1) is 16.8 Å². The highest BCUT2D eigenvalue weighted by molar-refractivity contribution is 6.23. The number of nitrogens with one attached hydrogen (secondary N) is 1. The molecule has 3 heterocycles. The molecule has 2 saturated heterocycles. The summed E-state index contributed by atoms with van der Waals surface area (Å²) >= 11 is 0. The maximum absolute atomic E-state index is 15.2. The Hall–Kier alpha value is -2.81. The van der Waals surface area contributed by atoms with E-state index in [2.05, 4.69) is 44.8 Å². The van der Waals surface area contributed by atoms with Gasteiger partial charge in [0, 0.05) is 37.1 Å². The minimum atomic E-state index is -1.07. The number of hydrogen-bond donors (Lipinski definition) is 1. The maximum atomic E-state index is 15.2. The molecule has 0 radical (unpaired) electrons. The summed E-state index contributed by atoms with van der Waals surface area (Å²) in [7, 11) is 0. The molecule has 8 nitrogen and oxygen atoms in total. The molecular weight excluding hydrogens is 415 g/mol. The highest BCUT2D eigenvalue weighted by Crippen LogP contribution is 2.35. The van der Waals surface area contributed by atoms with Gasteiger partial charge < -0.3 is 4.90 Å². The van der Waals surface area contributed by atoms with Crippen molar-refractivity contribution in [1.82, 2.24) is 15.1 Å². The van der Waals surface area contributed by atoms with Crippen LogP contribution in [0.3, 0.4) is 0 Å². The zero-order valence-corrected chi connectivity index (χ0v) is 19.1. The summed E-state index contributed by atoms with van der Waals surface area (Å²) in [4.78, 5) is 54.8. The first-order valence-electron chi connectivity index (χ1n) is 11.0. The molecule has 0 aliphatic carbocycles. The minimum absolute atomic E-state index is 0.0355. The maximum Gasteiger partial charge on any atom is 0.262 e. The van der Waals surface area contributed by atoms with Crippen LogP contribution in [0.5, 0.6) is 0 Å². The zero-order chi connectivity index (χ0) is 23.5. The average Bonchev–Trinajstić information content (AvgIpc) is 2.90. The van der Waals surface area contributed by atoms with Gasteiger partial charge in [-0.1, -0.05) is 0 Å². The summed E-state index contributed by atoms with van der Waals surface area (Å²) in [6, 6.07) is 1.78. The Labute approximate surface area is 186 Å². The minimum Gasteiger partial charge on any atom is -0.366 e. The number of carbonyl (C=O) groups is 4. The van der Waals surface area contributed by atoms with Gasteiger partial charge in [-0.05, 0) is 53.2 Å². The fraction of sp³-hybridized carbons (Fsp3) is 0.565. The zero-order valence-electron chi connectivity index (χ0n) is 19.1. The third-order valence-corrected chi connectivity index (χ3v) is 6.54. The van der Waals surface area contributed by atoms with E-state index in [-0.39, 0.29) is 47.3 Å². The number of nitrogens with zero attached hydrogens (tertiary/aromatic N) is 3. The number of carbonyl (C=O) groups excluding carboxylic acids is 4. The van der Waals surface area contributed by atoms with Crippen LogP contribution < -0.4 is 10.2 Å². The van der Waals surface area contributed by atoms with Crippen LogP contribution in [0.2, 0.25) is 0 Å². The Bertz CT molecular complexity index is 1010. The number of rotatable bonds is 2. The van der Waals surface area contributed by atoms with E-state index in [0.29, 0.717) is 13.1 Å². The quantitative estimate of drug-likeness (QED) is 0.701. The average molecular weight is 445 g/mol. The van der Waals surface area contributed by atoms with Gasteiger partial charge in [0.2, 0.25) is 11.8 Å². The van der Waals surface area contributed by atoms with Crippen molar-refractivity contribution in [2.45, 2.75) is 71.1 Å². The van der Waals surface area contributed by atoms with E-state index in [1.54, 1.807) is 0 Å². The molecule has 3 aliphatic heterocycles. The summed E-state index contributed by atoms with van der Waals surface area (Å²) < 4.78 is 15.2. The predicted molar refractivity (Wildman–Crippen MR) is 116 cm³/mol. The number of piperidine rings is 1. The lowest BCUT2D eigenvalue weighted by atomic mass is 9.96. The Kier molecular flexibility index (Phi) is 5.35. The van der Waals surface area contributed by atoms with Crippen LogP contribution in [0.15, 0.2) is 12.1 Å². The van der Waals surface area contributed by atoms with Gasteiger partial charge in [0.1, 0.15) is 11.9 Å². The van der Waals surface area contributed by atoms with Gasteiger partial charge in [0.25, 0.3) is 11.8 Å². The van der Waals surface area contributed by atoms with Crippen LogP contribution in [-0.2, 0) is 9.59 Å². The second-order valence-corrected chi connectivity index (χ2v) is 9.98. The van der Waals surface area contributed by atoms with Crippen molar-refractivity contribution in [2.75, 3.05) is 18.0 Å². The van der Waals surface area contributed by atoms with E-state index in [1.807, 2.05) is 4.90 Å². The number of anilines is 1. The third kappa shape index (κ3) is 3.58. The van der Waals surface area contributed by atoms with E-state index in [9.17, 15) is 19.2 Å². The van der Waals surface area contributed by atoms with Gasteiger partial charge in [-0.2, -0.15) is 0 Å². The predicted octanol–water partition coefficient (Wildman–Crippen LogP) is 1.92. The highest BCUT2D eigenvalue weighted by Gasteiger charge is 2.46. The smallest absolute Gasteiger partial charge is 0.262 e. The number of fused-ring (bicyclic) bond motifs is 1. The molecule has 3 unspecified atom stereocenters. The van der Waals surface area contributed by atoms with Crippen LogP contribution in [0, 0.1) is 5.82 Å². The van der Waals surface area contributed by atoms with E-state index >= 15 is 4.39 Å². The monoisotopic (exact) mass is 444 g/mol. The molecule has 3 aliphatic rings. The van der Waals surface area contributed by atoms with Crippen molar-refractivity contribution in [3.8, 4) is 0 Å². The number of piperazine rings is 1. The lowest BCUT2D eigenvalue weighted by molar-refractivity contribution is -0.136. The van der Waals surface area contributed by atoms with Crippen LogP contribution in [0.1, 0.15) is 68.2 Å². The number of benzene rings is 1. The molecule has 3 atom stereocenters. The van der Waals surface area contributed by atoms with E-state index in [4.69, 9.17) is 0 Å². The lowest BCUT2D eigenvalue weighted by Gasteiger charge is -2.51. The fourth-order valence-electron chi connectivity index (χ4n) is 5.56. The Balaban J connectivity index is 1.63. The number of imide groups is 2. The number of hydrogen-bond acceptors (Lipinski definition) is 6. The molecule has 0 bridgehead atoms. The van der Waals surface area contributed by atoms with Crippen molar-refractivity contribution in [2.24, 2.45) is 0 Å². The molecule has 1 N–H and O–H groups in total. The Morgan fingerprint density at radius 3 is 2.06 bits per heavy atom. The van der Waals surface area contributed by atoms with E-state index in [0.717, 1.165) is 11.0 Å². The summed E-state index contributed by atoms with van der Waals surface area (Å²) in [5.41, 5.74) is 0.291. The Morgan fingerprint density at radius 2 is 1.53 bits per heavy atom. The van der Waals surface area contributed by atoms with Crippen LogP contribution >= 0.6 is 0 Å². The van der Waals surface area contributed by atoms with Crippen molar-refractivity contribution >= 4 is 29.3 Å². The second-order valence-electron chi connectivity index (χ2n) is 9.98. The Morgan fingerprint density at radius 1 is 0.969 bits per heavy atom. The van der Waals surface area contributed by atoms with Crippen LogP contribution in [-0.4, -0.2) is 70.2 Å². The molecule has 0 aromatic heterocycles. The molecule has 2 fully saturated rings. The molecule has 0 saturated carbocycles. The fourth-order valence-corrected chi connectivity index (χ4v) is 5.56. The summed E-state index contributed by atoms with van der Waals surface area (Å²) in [6.07, 6.45) is 0.104. The lowest BCUT2D eigenvalue weighted by Crippen LogP contribution is -2.62. The van der Waals surface area contributed by atoms with Crippen molar-refractivity contribution < 1.29 is 23.6 Å². The second kappa shape index (κ2) is 7.65. The third-order valence-electron chi connectivity index (χ3n) is 6.54. The van der Waals surface area contributed by atoms with Crippen LogP contribution in [0.25, 0.3) is 0 Å². The SMILES string of the molecule is CC1CN(c2cc3c(cc2F)C(=O)N(C2CCC(=O)NC2=O)C3=O)CC(C)N1C(C)(C)C. The van der Waals surface area contributed by atoms with E-state index < -0.39 is 35.5 Å². The molecule has 0 spiro atoms.